The van der Waals surface area contributed by atoms with Crippen LogP contribution in [-0.2, 0) is 19.5 Å². The summed E-state index contributed by atoms with van der Waals surface area (Å²) >= 11 is 0. The molecule has 0 unspecified atom stereocenters. The number of nitrogens with zero attached hydrogens (tertiary/aromatic N) is 5. The summed E-state index contributed by atoms with van der Waals surface area (Å²) in [6, 6.07) is 7.37. The van der Waals surface area contributed by atoms with Gasteiger partial charge in [0.1, 0.15) is 5.82 Å². The van der Waals surface area contributed by atoms with Crippen LogP contribution in [0.25, 0.3) is 11.3 Å². The van der Waals surface area contributed by atoms with Crippen molar-refractivity contribution < 1.29 is 9.21 Å². The van der Waals surface area contributed by atoms with E-state index in [1.807, 2.05) is 29.2 Å². The second-order valence-electron chi connectivity index (χ2n) is 5.71. The molecule has 0 radical (unpaired) electrons. The molecule has 1 aromatic carbocycles. The van der Waals surface area contributed by atoms with Crippen LogP contribution in [0, 0.1) is 0 Å². The highest BCUT2D eigenvalue weighted by Crippen LogP contribution is 2.21. The van der Waals surface area contributed by atoms with Crippen LogP contribution in [-0.4, -0.2) is 37.1 Å². The predicted octanol–water partition coefficient (Wildman–Crippen LogP) is 2.15. The summed E-state index contributed by atoms with van der Waals surface area (Å²) in [6.45, 7) is 3.97. The van der Waals surface area contributed by atoms with E-state index in [1.54, 1.807) is 6.20 Å². The predicted molar refractivity (Wildman–Crippen MR) is 86.1 cm³/mol. The molecule has 1 amide bonds. The highest BCUT2D eigenvalue weighted by atomic mass is 16.3. The average molecular weight is 323 g/mol. The van der Waals surface area contributed by atoms with Gasteiger partial charge in [0.2, 0.25) is 0 Å². The summed E-state index contributed by atoms with van der Waals surface area (Å²) in [7, 11) is 0. The molecule has 24 heavy (non-hydrogen) atoms. The molecule has 0 fully saturated rings. The quantitative estimate of drug-likeness (QED) is 0.738. The fourth-order valence-electron chi connectivity index (χ4n) is 2.97. The van der Waals surface area contributed by atoms with E-state index >= 15 is 0 Å². The minimum atomic E-state index is 0.00594. The van der Waals surface area contributed by atoms with Gasteiger partial charge in [0.05, 0.1) is 12.7 Å². The summed E-state index contributed by atoms with van der Waals surface area (Å²) in [6.07, 6.45) is 3.90. The van der Waals surface area contributed by atoms with Crippen LogP contribution in [0.5, 0.6) is 0 Å². The third-order valence-electron chi connectivity index (χ3n) is 4.28. The lowest BCUT2D eigenvalue weighted by atomic mass is 10.1. The fourth-order valence-corrected chi connectivity index (χ4v) is 2.97. The SMILES string of the molecule is CCc1nnc2n1CCN(C(=O)c1ccc(-c3cnco3)cc1)C2. The van der Waals surface area contributed by atoms with Gasteiger partial charge >= 0.3 is 0 Å². The molecule has 3 aromatic rings. The van der Waals surface area contributed by atoms with Crippen molar-refractivity contribution in [2.24, 2.45) is 0 Å². The molecule has 0 bridgehead atoms. The number of fused-ring (bicyclic) bond motifs is 1. The van der Waals surface area contributed by atoms with E-state index < -0.39 is 0 Å². The zero-order valence-corrected chi connectivity index (χ0v) is 13.3. The largest absolute Gasteiger partial charge is 0.444 e. The van der Waals surface area contributed by atoms with Crippen molar-refractivity contribution in [3.05, 3.63) is 54.1 Å². The number of aryl methyl sites for hydroxylation is 1. The maximum Gasteiger partial charge on any atom is 0.254 e. The normalized spacial score (nSPS) is 13.8. The van der Waals surface area contributed by atoms with Crippen molar-refractivity contribution >= 4 is 5.91 Å². The van der Waals surface area contributed by atoms with Gasteiger partial charge in [-0.2, -0.15) is 0 Å². The van der Waals surface area contributed by atoms with Gasteiger partial charge in [0.25, 0.3) is 5.91 Å². The fraction of sp³-hybridized carbons (Fsp3) is 0.294. The van der Waals surface area contributed by atoms with Crippen LogP contribution in [0.4, 0.5) is 0 Å². The van der Waals surface area contributed by atoms with E-state index in [9.17, 15) is 4.79 Å². The average Bonchev–Trinajstić information content (AvgIpc) is 3.30. The van der Waals surface area contributed by atoms with E-state index in [-0.39, 0.29) is 5.91 Å². The molecule has 0 atom stereocenters. The lowest BCUT2D eigenvalue weighted by Crippen LogP contribution is -2.38. The number of carbonyl (C=O) groups excluding carboxylic acids is 1. The Bertz CT molecular complexity index is 852. The molecule has 0 N–H and O–H groups in total. The van der Waals surface area contributed by atoms with Crippen molar-refractivity contribution in [1.29, 1.82) is 0 Å². The topological polar surface area (TPSA) is 77.1 Å². The monoisotopic (exact) mass is 323 g/mol. The Morgan fingerprint density at radius 3 is 2.75 bits per heavy atom. The Labute approximate surface area is 138 Å². The van der Waals surface area contributed by atoms with E-state index in [1.165, 1.54) is 6.39 Å². The van der Waals surface area contributed by atoms with Crippen LogP contribution in [0.1, 0.15) is 28.9 Å². The van der Waals surface area contributed by atoms with Crippen LogP contribution in [0.15, 0.2) is 41.3 Å². The van der Waals surface area contributed by atoms with Gasteiger partial charge in [-0.05, 0) is 12.1 Å². The number of rotatable bonds is 3. The second-order valence-corrected chi connectivity index (χ2v) is 5.71. The van der Waals surface area contributed by atoms with Crippen molar-refractivity contribution in [2.75, 3.05) is 6.54 Å². The first-order valence-corrected chi connectivity index (χ1v) is 7.95. The lowest BCUT2D eigenvalue weighted by molar-refractivity contribution is 0.0706. The molecule has 0 aliphatic carbocycles. The molecule has 0 saturated carbocycles. The van der Waals surface area contributed by atoms with E-state index in [0.29, 0.717) is 24.4 Å². The molecule has 0 saturated heterocycles. The summed E-state index contributed by atoms with van der Waals surface area (Å²) in [5.74, 6) is 2.52. The standard InChI is InChI=1S/C17H17N5O2/c1-2-15-19-20-16-10-21(7-8-22(15)16)17(23)13-5-3-12(4-6-13)14-9-18-11-24-14/h3-6,9,11H,2,7-8,10H2,1H3. The van der Waals surface area contributed by atoms with Crippen LogP contribution in [0.3, 0.4) is 0 Å². The summed E-state index contributed by atoms with van der Waals surface area (Å²) < 4.78 is 7.37. The minimum Gasteiger partial charge on any atom is -0.444 e. The van der Waals surface area contributed by atoms with Gasteiger partial charge in [-0.15, -0.1) is 10.2 Å². The second kappa shape index (κ2) is 5.92. The maximum atomic E-state index is 12.7. The van der Waals surface area contributed by atoms with Crippen LogP contribution < -0.4 is 0 Å². The van der Waals surface area contributed by atoms with Crippen molar-refractivity contribution in [2.45, 2.75) is 26.4 Å². The highest BCUT2D eigenvalue weighted by Gasteiger charge is 2.24. The van der Waals surface area contributed by atoms with E-state index in [4.69, 9.17) is 4.42 Å². The van der Waals surface area contributed by atoms with Crippen LogP contribution >= 0.6 is 0 Å². The zero-order valence-electron chi connectivity index (χ0n) is 13.3. The van der Waals surface area contributed by atoms with Gasteiger partial charge in [-0.25, -0.2) is 4.98 Å². The van der Waals surface area contributed by atoms with Gasteiger partial charge in [-0.1, -0.05) is 19.1 Å². The molecule has 1 aliphatic rings. The Hall–Kier alpha value is -2.96. The van der Waals surface area contributed by atoms with E-state index in [0.717, 1.165) is 30.2 Å². The summed E-state index contributed by atoms with van der Waals surface area (Å²) in [4.78, 5) is 18.4. The van der Waals surface area contributed by atoms with Crippen molar-refractivity contribution in [1.82, 2.24) is 24.6 Å². The van der Waals surface area contributed by atoms with Crippen LogP contribution in [0.2, 0.25) is 0 Å². The van der Waals surface area contributed by atoms with Gasteiger partial charge in [0, 0.05) is 30.6 Å². The Morgan fingerprint density at radius 1 is 1.21 bits per heavy atom. The number of aromatic nitrogens is 4. The summed E-state index contributed by atoms with van der Waals surface area (Å²) in [5.41, 5.74) is 1.55. The molecule has 4 rings (SSSR count). The zero-order chi connectivity index (χ0) is 16.5. The minimum absolute atomic E-state index is 0.00594. The highest BCUT2D eigenvalue weighted by molar-refractivity contribution is 5.94. The molecule has 122 valence electrons. The lowest BCUT2D eigenvalue weighted by Gasteiger charge is -2.28. The first kappa shape index (κ1) is 14.6. The van der Waals surface area contributed by atoms with Gasteiger partial charge in [-0.3, -0.25) is 4.79 Å². The first-order chi connectivity index (χ1) is 11.8. The molecule has 7 heteroatoms. The number of carbonyl (C=O) groups is 1. The summed E-state index contributed by atoms with van der Waals surface area (Å²) in [5, 5.41) is 8.38. The number of hydrogen-bond acceptors (Lipinski definition) is 5. The number of oxazole rings is 1. The smallest absolute Gasteiger partial charge is 0.254 e. The van der Waals surface area contributed by atoms with E-state index in [2.05, 4.69) is 26.7 Å². The van der Waals surface area contributed by atoms with Crippen molar-refractivity contribution in [3.63, 3.8) is 0 Å². The molecule has 2 aromatic heterocycles. The molecular weight excluding hydrogens is 306 g/mol. The molecule has 0 spiro atoms. The Morgan fingerprint density at radius 2 is 2.04 bits per heavy atom. The number of amides is 1. The molecule has 3 heterocycles. The molecular formula is C17H17N5O2. The third-order valence-corrected chi connectivity index (χ3v) is 4.28. The van der Waals surface area contributed by atoms with Gasteiger partial charge < -0.3 is 13.9 Å². The molecule has 1 aliphatic heterocycles. The van der Waals surface area contributed by atoms with Gasteiger partial charge in [0.15, 0.2) is 18.0 Å². The van der Waals surface area contributed by atoms with Crippen molar-refractivity contribution in [3.8, 4) is 11.3 Å². The number of hydrogen-bond donors (Lipinski definition) is 0. The number of benzene rings is 1. The maximum absolute atomic E-state index is 12.7. The Balaban J connectivity index is 1.52. The third kappa shape index (κ3) is 2.47. The molecule has 7 nitrogen and oxygen atoms in total. The Kier molecular flexibility index (Phi) is 3.60. The first-order valence-electron chi connectivity index (χ1n) is 7.95.